The van der Waals surface area contributed by atoms with Crippen LogP contribution in [0.1, 0.15) is 11.3 Å². The van der Waals surface area contributed by atoms with Gasteiger partial charge in [0.15, 0.2) is 0 Å². The van der Waals surface area contributed by atoms with Crippen LogP contribution >= 0.6 is 0 Å². The van der Waals surface area contributed by atoms with Gasteiger partial charge in [0, 0.05) is 18.6 Å². The van der Waals surface area contributed by atoms with Crippen molar-refractivity contribution in [3.63, 3.8) is 0 Å². The van der Waals surface area contributed by atoms with Gasteiger partial charge in [-0.1, -0.05) is 0 Å². The van der Waals surface area contributed by atoms with Crippen LogP contribution in [0.3, 0.4) is 0 Å². The lowest BCUT2D eigenvalue weighted by Crippen LogP contribution is -2.00. The number of aromatic nitrogens is 3. The molecule has 2 aromatic rings. The zero-order chi connectivity index (χ0) is 9.80. The summed E-state index contributed by atoms with van der Waals surface area (Å²) in [6.45, 7) is 2.76. The Bertz CT molecular complexity index is 394. The van der Waals surface area contributed by atoms with Crippen LogP contribution in [-0.4, -0.2) is 15.0 Å². The molecule has 2 aromatic heterocycles. The summed E-state index contributed by atoms with van der Waals surface area (Å²) in [4.78, 5) is 11.1. The van der Waals surface area contributed by atoms with E-state index in [1.807, 2.05) is 19.3 Å². The number of imidazole rings is 1. The maximum absolute atomic E-state index is 4.10. The fourth-order valence-electron chi connectivity index (χ4n) is 1.23. The molecule has 14 heavy (non-hydrogen) atoms. The molecule has 0 saturated heterocycles. The zero-order valence-electron chi connectivity index (χ0n) is 7.99. The minimum atomic E-state index is 0.741. The molecule has 0 aliphatic heterocycles. The molecule has 2 heterocycles. The molecule has 2 N–H and O–H groups in total. The Labute approximate surface area is 82.4 Å². The molecular formula is C10H12N4. The fraction of sp³-hybridized carbons (Fsp3) is 0.200. The van der Waals surface area contributed by atoms with Crippen LogP contribution in [-0.2, 0) is 6.54 Å². The van der Waals surface area contributed by atoms with E-state index >= 15 is 0 Å². The molecule has 0 unspecified atom stereocenters. The molecule has 0 aliphatic carbocycles. The van der Waals surface area contributed by atoms with Crippen LogP contribution in [0.2, 0.25) is 0 Å². The summed E-state index contributed by atoms with van der Waals surface area (Å²) >= 11 is 0. The van der Waals surface area contributed by atoms with Crippen molar-refractivity contribution >= 4 is 5.69 Å². The molecule has 72 valence electrons. The summed E-state index contributed by atoms with van der Waals surface area (Å²) in [5, 5.41) is 3.25. The van der Waals surface area contributed by atoms with Gasteiger partial charge in [-0.25, -0.2) is 4.98 Å². The Morgan fingerprint density at radius 3 is 2.93 bits per heavy atom. The number of nitrogens with one attached hydrogen (secondary N) is 2. The summed E-state index contributed by atoms with van der Waals surface area (Å²) in [6.07, 6.45) is 7.12. The van der Waals surface area contributed by atoms with Gasteiger partial charge in [0.2, 0.25) is 0 Å². The molecular weight excluding hydrogens is 176 g/mol. The summed E-state index contributed by atoms with van der Waals surface area (Å²) < 4.78 is 0. The van der Waals surface area contributed by atoms with E-state index in [1.54, 1.807) is 12.5 Å². The minimum Gasteiger partial charge on any atom is -0.378 e. The van der Waals surface area contributed by atoms with Crippen LogP contribution in [0.25, 0.3) is 0 Å². The zero-order valence-corrected chi connectivity index (χ0v) is 7.99. The highest BCUT2D eigenvalue weighted by atomic mass is 14.9. The molecule has 0 bridgehead atoms. The van der Waals surface area contributed by atoms with E-state index in [-0.39, 0.29) is 0 Å². The summed E-state index contributed by atoms with van der Waals surface area (Å²) in [5.41, 5.74) is 3.24. The Hall–Kier alpha value is -1.84. The predicted molar refractivity (Wildman–Crippen MR) is 54.9 cm³/mol. The normalized spacial score (nSPS) is 10.1. The van der Waals surface area contributed by atoms with Gasteiger partial charge >= 0.3 is 0 Å². The van der Waals surface area contributed by atoms with Crippen molar-refractivity contribution in [2.45, 2.75) is 13.5 Å². The highest BCUT2D eigenvalue weighted by molar-refractivity contribution is 5.42. The second-order valence-electron chi connectivity index (χ2n) is 3.18. The van der Waals surface area contributed by atoms with E-state index in [1.165, 1.54) is 0 Å². The molecule has 0 aliphatic rings. The first-order valence-corrected chi connectivity index (χ1v) is 4.47. The molecule has 4 nitrogen and oxygen atoms in total. The minimum absolute atomic E-state index is 0.741. The van der Waals surface area contributed by atoms with Crippen LogP contribution in [0.4, 0.5) is 5.69 Å². The Balaban J connectivity index is 1.98. The summed E-state index contributed by atoms with van der Waals surface area (Å²) in [7, 11) is 0. The van der Waals surface area contributed by atoms with E-state index < -0.39 is 0 Å². The number of aromatic amines is 1. The first-order chi connectivity index (χ1) is 6.84. The third-order valence-corrected chi connectivity index (χ3v) is 1.91. The van der Waals surface area contributed by atoms with E-state index in [0.29, 0.717) is 0 Å². The molecule has 4 heteroatoms. The lowest BCUT2D eigenvalue weighted by Gasteiger charge is -2.04. The quantitative estimate of drug-likeness (QED) is 0.771. The van der Waals surface area contributed by atoms with Crippen molar-refractivity contribution in [1.29, 1.82) is 0 Å². The number of aryl methyl sites for hydroxylation is 1. The van der Waals surface area contributed by atoms with Crippen molar-refractivity contribution in [3.05, 3.63) is 42.2 Å². The number of hydrogen-bond donors (Lipinski definition) is 2. The third kappa shape index (κ3) is 2.10. The van der Waals surface area contributed by atoms with E-state index in [4.69, 9.17) is 0 Å². The molecule has 0 fully saturated rings. The lowest BCUT2D eigenvalue weighted by atomic mass is 10.3. The number of rotatable bonds is 3. The molecule has 2 rings (SSSR count). The number of hydrogen-bond acceptors (Lipinski definition) is 3. The molecule has 0 spiro atoms. The van der Waals surface area contributed by atoms with Crippen molar-refractivity contribution < 1.29 is 0 Å². The Kier molecular flexibility index (Phi) is 2.44. The predicted octanol–water partition coefficient (Wildman–Crippen LogP) is 1.73. The first kappa shape index (κ1) is 8.74. The van der Waals surface area contributed by atoms with Gasteiger partial charge in [-0.2, -0.15) is 0 Å². The summed E-state index contributed by atoms with van der Waals surface area (Å²) in [5.74, 6) is 0. The molecule has 0 radical (unpaired) electrons. The molecule has 0 amide bonds. The maximum Gasteiger partial charge on any atom is 0.0922 e. The molecule has 0 atom stereocenters. The molecule has 0 saturated carbocycles. The van der Waals surface area contributed by atoms with Crippen LogP contribution in [0, 0.1) is 6.92 Å². The molecule has 0 aromatic carbocycles. The van der Waals surface area contributed by atoms with Gasteiger partial charge in [0.05, 0.1) is 24.3 Å². The average Bonchev–Trinajstić information content (AvgIpc) is 2.67. The van der Waals surface area contributed by atoms with E-state index in [2.05, 4.69) is 26.3 Å². The van der Waals surface area contributed by atoms with Gasteiger partial charge in [0.1, 0.15) is 0 Å². The van der Waals surface area contributed by atoms with Crippen LogP contribution < -0.4 is 5.32 Å². The first-order valence-electron chi connectivity index (χ1n) is 4.47. The topological polar surface area (TPSA) is 53.6 Å². The van der Waals surface area contributed by atoms with Gasteiger partial charge in [0.25, 0.3) is 0 Å². The number of nitrogens with zero attached hydrogens (tertiary/aromatic N) is 2. The monoisotopic (exact) mass is 188 g/mol. The van der Waals surface area contributed by atoms with Gasteiger partial charge < -0.3 is 10.3 Å². The SMILES string of the molecule is Cc1cncc(NCc2cnc[nH]2)c1. The van der Waals surface area contributed by atoms with Crippen molar-refractivity contribution in [2.24, 2.45) is 0 Å². The second-order valence-corrected chi connectivity index (χ2v) is 3.18. The maximum atomic E-state index is 4.10. The number of H-pyrrole nitrogens is 1. The van der Waals surface area contributed by atoms with E-state index in [0.717, 1.165) is 23.5 Å². The summed E-state index contributed by atoms with van der Waals surface area (Å²) in [6, 6.07) is 2.06. The Morgan fingerprint density at radius 1 is 1.29 bits per heavy atom. The van der Waals surface area contributed by atoms with Crippen LogP contribution in [0.15, 0.2) is 31.0 Å². The number of pyridine rings is 1. The van der Waals surface area contributed by atoms with Crippen molar-refractivity contribution in [1.82, 2.24) is 15.0 Å². The highest BCUT2D eigenvalue weighted by Crippen LogP contribution is 2.08. The standard InChI is InChI=1S/C10H12N4/c1-8-2-9(4-11-3-8)13-6-10-5-12-7-14-10/h2-5,7,13H,6H2,1H3,(H,12,14). The number of anilines is 1. The van der Waals surface area contributed by atoms with Crippen molar-refractivity contribution in [2.75, 3.05) is 5.32 Å². The smallest absolute Gasteiger partial charge is 0.0922 e. The third-order valence-electron chi connectivity index (χ3n) is 1.91. The lowest BCUT2D eigenvalue weighted by molar-refractivity contribution is 1.07. The fourth-order valence-corrected chi connectivity index (χ4v) is 1.23. The average molecular weight is 188 g/mol. The highest BCUT2D eigenvalue weighted by Gasteiger charge is 1.95. The van der Waals surface area contributed by atoms with Gasteiger partial charge in [-0.05, 0) is 18.6 Å². The van der Waals surface area contributed by atoms with Crippen molar-refractivity contribution in [3.8, 4) is 0 Å². The van der Waals surface area contributed by atoms with E-state index in [9.17, 15) is 0 Å². The Morgan fingerprint density at radius 2 is 2.21 bits per heavy atom. The van der Waals surface area contributed by atoms with Gasteiger partial charge in [-0.15, -0.1) is 0 Å². The van der Waals surface area contributed by atoms with Crippen LogP contribution in [0.5, 0.6) is 0 Å². The second kappa shape index (κ2) is 3.91. The largest absolute Gasteiger partial charge is 0.378 e. The van der Waals surface area contributed by atoms with Gasteiger partial charge in [-0.3, -0.25) is 4.98 Å².